The number of thiophene rings is 1. The smallest absolute Gasteiger partial charge is 0.132 e. The largest absolute Gasteiger partial charge is 0.383 e. The van der Waals surface area contributed by atoms with Gasteiger partial charge in [-0.25, -0.2) is 4.39 Å². The second kappa shape index (κ2) is 6.86. The summed E-state index contributed by atoms with van der Waals surface area (Å²) in [5, 5.41) is 13.1. The van der Waals surface area contributed by atoms with Crippen LogP contribution in [-0.2, 0) is 7.05 Å². The van der Waals surface area contributed by atoms with Crippen molar-refractivity contribution in [1.82, 2.24) is 9.55 Å². The number of hydrogen-bond acceptors (Lipinski definition) is 3. The summed E-state index contributed by atoms with van der Waals surface area (Å²) in [5.41, 5.74) is 3.40. The van der Waals surface area contributed by atoms with Gasteiger partial charge >= 0.3 is 0 Å². The number of nitrogens with zero attached hydrogens (tertiary/aromatic N) is 2. The fraction of sp³-hybridized carbons (Fsp3) is 0.0952. The number of rotatable bonds is 4. The van der Waals surface area contributed by atoms with Gasteiger partial charge in [-0.05, 0) is 29.6 Å². The highest BCUT2D eigenvalue weighted by molar-refractivity contribution is 7.13. The zero-order chi connectivity index (χ0) is 18.1. The number of benzene rings is 1. The highest BCUT2D eigenvalue weighted by Crippen LogP contribution is 2.42. The molecule has 3 heterocycles. The van der Waals surface area contributed by atoms with Crippen LogP contribution in [0.3, 0.4) is 0 Å². The standard InChI is InChI=1S/C21H17FN2OS/c1-24-13-16(18-9-5-11-26-18)19(21(25)14-6-4-10-23-12-14)20(24)15-7-2-3-8-17(15)22/h2-13,21,25H,1H3. The average Bonchev–Trinajstić information content (AvgIpc) is 3.30. The molecule has 5 heteroatoms. The zero-order valence-electron chi connectivity index (χ0n) is 14.1. The first-order valence-corrected chi connectivity index (χ1v) is 9.10. The Hall–Kier alpha value is -2.76. The summed E-state index contributed by atoms with van der Waals surface area (Å²) >= 11 is 1.59. The van der Waals surface area contributed by atoms with Crippen molar-refractivity contribution in [2.24, 2.45) is 7.05 Å². The maximum absolute atomic E-state index is 14.5. The minimum absolute atomic E-state index is 0.314. The quantitative estimate of drug-likeness (QED) is 0.551. The summed E-state index contributed by atoms with van der Waals surface area (Å²) in [4.78, 5) is 5.14. The molecule has 1 atom stereocenters. The van der Waals surface area contributed by atoms with Crippen LogP contribution in [0, 0.1) is 5.82 Å². The van der Waals surface area contributed by atoms with Crippen molar-refractivity contribution < 1.29 is 9.50 Å². The van der Waals surface area contributed by atoms with E-state index >= 15 is 0 Å². The van der Waals surface area contributed by atoms with Crippen molar-refractivity contribution in [2.75, 3.05) is 0 Å². The maximum atomic E-state index is 14.5. The third kappa shape index (κ3) is 2.85. The number of halogens is 1. The first kappa shape index (κ1) is 16.7. The molecule has 0 aliphatic carbocycles. The normalized spacial score (nSPS) is 12.3. The number of hydrogen-bond donors (Lipinski definition) is 1. The van der Waals surface area contributed by atoms with Crippen LogP contribution in [0.2, 0.25) is 0 Å². The topological polar surface area (TPSA) is 38.0 Å². The van der Waals surface area contributed by atoms with Gasteiger partial charge in [0.25, 0.3) is 0 Å². The van der Waals surface area contributed by atoms with Crippen LogP contribution in [0.4, 0.5) is 4.39 Å². The lowest BCUT2D eigenvalue weighted by molar-refractivity contribution is 0.221. The lowest BCUT2D eigenvalue weighted by atomic mass is 9.95. The number of aromatic nitrogens is 2. The van der Waals surface area contributed by atoms with E-state index in [0.29, 0.717) is 22.4 Å². The van der Waals surface area contributed by atoms with Gasteiger partial charge in [-0.1, -0.05) is 24.3 Å². The van der Waals surface area contributed by atoms with Gasteiger partial charge in [-0.2, -0.15) is 0 Å². The van der Waals surface area contributed by atoms with E-state index in [1.54, 1.807) is 48.0 Å². The van der Waals surface area contributed by atoms with Gasteiger partial charge in [-0.15, -0.1) is 11.3 Å². The van der Waals surface area contributed by atoms with E-state index in [1.165, 1.54) is 6.07 Å². The van der Waals surface area contributed by atoms with Crippen LogP contribution in [0.25, 0.3) is 21.7 Å². The summed E-state index contributed by atoms with van der Waals surface area (Å²) in [5.74, 6) is -0.314. The Balaban J connectivity index is 1.99. The molecule has 0 fully saturated rings. The molecule has 0 bridgehead atoms. The maximum Gasteiger partial charge on any atom is 0.132 e. The monoisotopic (exact) mass is 364 g/mol. The first-order valence-electron chi connectivity index (χ1n) is 8.23. The minimum atomic E-state index is -0.906. The summed E-state index contributed by atoms with van der Waals surface area (Å²) < 4.78 is 16.4. The second-order valence-electron chi connectivity index (χ2n) is 6.06. The van der Waals surface area contributed by atoms with Crippen LogP contribution in [0.15, 0.2) is 72.5 Å². The number of aliphatic hydroxyl groups excluding tert-OH is 1. The van der Waals surface area contributed by atoms with Crippen molar-refractivity contribution in [3.05, 3.63) is 89.4 Å². The van der Waals surface area contributed by atoms with E-state index in [0.717, 1.165) is 10.4 Å². The molecule has 4 rings (SSSR count). The lowest BCUT2D eigenvalue weighted by Gasteiger charge is -2.16. The van der Waals surface area contributed by atoms with E-state index in [4.69, 9.17) is 0 Å². The molecule has 0 saturated heterocycles. The van der Waals surface area contributed by atoms with Crippen molar-refractivity contribution in [3.8, 4) is 21.7 Å². The highest BCUT2D eigenvalue weighted by Gasteiger charge is 2.26. The molecule has 0 spiro atoms. The fourth-order valence-electron chi connectivity index (χ4n) is 3.24. The van der Waals surface area contributed by atoms with Crippen molar-refractivity contribution >= 4 is 11.3 Å². The molecule has 3 nitrogen and oxygen atoms in total. The van der Waals surface area contributed by atoms with Gasteiger partial charge in [0.2, 0.25) is 0 Å². The molecule has 3 aromatic heterocycles. The average molecular weight is 364 g/mol. The molecule has 0 saturated carbocycles. The van der Waals surface area contributed by atoms with Gasteiger partial charge in [0.1, 0.15) is 11.9 Å². The van der Waals surface area contributed by atoms with Crippen LogP contribution in [0.5, 0.6) is 0 Å². The summed E-state index contributed by atoms with van der Waals surface area (Å²) in [6.07, 6.45) is 4.35. The molecule has 1 unspecified atom stereocenters. The predicted octanol–water partition coefficient (Wildman–Crippen LogP) is 5.04. The van der Waals surface area contributed by atoms with E-state index in [1.807, 2.05) is 41.4 Å². The Morgan fingerprint density at radius 1 is 1.08 bits per heavy atom. The number of aryl methyl sites for hydroxylation is 1. The number of pyridine rings is 1. The second-order valence-corrected chi connectivity index (χ2v) is 7.01. The van der Waals surface area contributed by atoms with Gasteiger partial charge in [0.15, 0.2) is 0 Å². The third-order valence-electron chi connectivity index (χ3n) is 4.41. The Bertz CT molecular complexity index is 1030. The minimum Gasteiger partial charge on any atom is -0.383 e. The molecule has 1 aromatic carbocycles. The zero-order valence-corrected chi connectivity index (χ0v) is 14.9. The molecular weight excluding hydrogens is 347 g/mol. The van der Waals surface area contributed by atoms with E-state index < -0.39 is 6.10 Å². The first-order chi connectivity index (χ1) is 12.7. The molecule has 130 valence electrons. The van der Waals surface area contributed by atoms with Gasteiger partial charge in [0.05, 0.1) is 5.69 Å². The van der Waals surface area contributed by atoms with E-state index in [9.17, 15) is 9.50 Å². The molecule has 4 aromatic rings. The molecule has 0 aliphatic heterocycles. The number of aliphatic hydroxyl groups is 1. The van der Waals surface area contributed by atoms with Crippen LogP contribution < -0.4 is 0 Å². The molecule has 1 N–H and O–H groups in total. The SMILES string of the molecule is Cn1cc(-c2cccs2)c(C(O)c2cccnc2)c1-c1ccccc1F. The Labute approximate surface area is 155 Å². The highest BCUT2D eigenvalue weighted by atomic mass is 32.1. The van der Waals surface area contributed by atoms with Gasteiger partial charge in [0, 0.05) is 52.8 Å². The summed E-state index contributed by atoms with van der Waals surface area (Å²) in [6.45, 7) is 0. The molecule has 0 aliphatic rings. The van der Waals surface area contributed by atoms with Crippen molar-refractivity contribution in [1.29, 1.82) is 0 Å². The fourth-order valence-corrected chi connectivity index (χ4v) is 3.99. The Morgan fingerprint density at radius 2 is 1.92 bits per heavy atom. The van der Waals surface area contributed by atoms with Gasteiger partial charge in [-0.3, -0.25) is 4.98 Å². The Morgan fingerprint density at radius 3 is 2.62 bits per heavy atom. The van der Waals surface area contributed by atoms with Crippen molar-refractivity contribution in [2.45, 2.75) is 6.10 Å². The summed E-state index contributed by atoms with van der Waals surface area (Å²) in [6, 6.07) is 14.2. The van der Waals surface area contributed by atoms with Gasteiger partial charge < -0.3 is 9.67 Å². The van der Waals surface area contributed by atoms with Crippen LogP contribution in [-0.4, -0.2) is 14.7 Å². The van der Waals surface area contributed by atoms with Crippen LogP contribution in [0.1, 0.15) is 17.2 Å². The molecule has 0 radical (unpaired) electrons. The summed E-state index contributed by atoms with van der Waals surface area (Å²) in [7, 11) is 1.87. The van der Waals surface area contributed by atoms with E-state index in [2.05, 4.69) is 4.98 Å². The van der Waals surface area contributed by atoms with E-state index in [-0.39, 0.29) is 5.82 Å². The molecular formula is C21H17FN2OS. The van der Waals surface area contributed by atoms with Crippen molar-refractivity contribution in [3.63, 3.8) is 0 Å². The van der Waals surface area contributed by atoms with Crippen LogP contribution >= 0.6 is 11.3 Å². The third-order valence-corrected chi connectivity index (χ3v) is 5.31. The predicted molar refractivity (Wildman–Crippen MR) is 102 cm³/mol. The Kier molecular flexibility index (Phi) is 4.41. The molecule has 26 heavy (non-hydrogen) atoms. The molecule has 0 amide bonds. The lowest BCUT2D eigenvalue weighted by Crippen LogP contribution is -2.04.